The van der Waals surface area contributed by atoms with Crippen molar-refractivity contribution in [2.45, 2.75) is 26.3 Å². The van der Waals surface area contributed by atoms with E-state index in [0.29, 0.717) is 12.0 Å². The molecule has 0 aliphatic carbocycles. The van der Waals surface area contributed by atoms with E-state index in [2.05, 4.69) is 42.7 Å². The smallest absolute Gasteiger partial charge is 0.0753 e. The molecule has 2 N–H and O–H groups in total. The fraction of sp³-hybridized carbons (Fsp3) is 0.786. The SMILES string of the molecule is CCCN(C)CC(C)C(C=NC1CN(C)C1)=CN. The average Bonchev–Trinajstić information content (AvgIpc) is 2.27. The Morgan fingerprint density at radius 1 is 1.56 bits per heavy atom. The van der Waals surface area contributed by atoms with Gasteiger partial charge in [0.15, 0.2) is 0 Å². The van der Waals surface area contributed by atoms with Crippen LogP contribution < -0.4 is 5.73 Å². The molecule has 0 aromatic carbocycles. The highest BCUT2D eigenvalue weighted by molar-refractivity contribution is 5.79. The first-order chi connectivity index (χ1) is 8.56. The van der Waals surface area contributed by atoms with E-state index in [1.807, 2.05) is 6.21 Å². The third-order valence-electron chi connectivity index (χ3n) is 3.43. The Hall–Kier alpha value is -0.870. The molecule has 1 fully saturated rings. The van der Waals surface area contributed by atoms with Gasteiger partial charge in [-0.2, -0.15) is 0 Å². The maximum atomic E-state index is 5.71. The molecule has 0 amide bonds. The number of likely N-dealkylation sites (N-methyl/N-ethyl adjacent to an activating group) is 1. The molecular weight excluding hydrogens is 224 g/mol. The normalized spacial score (nSPS) is 20.6. The Morgan fingerprint density at radius 3 is 2.72 bits per heavy atom. The summed E-state index contributed by atoms with van der Waals surface area (Å²) < 4.78 is 0. The van der Waals surface area contributed by atoms with Crippen LogP contribution in [-0.2, 0) is 0 Å². The zero-order chi connectivity index (χ0) is 13.5. The van der Waals surface area contributed by atoms with Crippen molar-refractivity contribution >= 4 is 6.21 Å². The minimum Gasteiger partial charge on any atom is -0.404 e. The highest BCUT2D eigenvalue weighted by Crippen LogP contribution is 2.12. The zero-order valence-corrected chi connectivity index (χ0v) is 12.3. The average molecular weight is 252 g/mol. The van der Waals surface area contributed by atoms with Gasteiger partial charge in [0.25, 0.3) is 0 Å². The highest BCUT2D eigenvalue weighted by Gasteiger charge is 2.21. The van der Waals surface area contributed by atoms with Crippen LogP contribution in [0.25, 0.3) is 0 Å². The van der Waals surface area contributed by atoms with Crippen LogP contribution in [0.1, 0.15) is 20.3 Å². The minimum absolute atomic E-state index is 0.438. The fourth-order valence-electron chi connectivity index (χ4n) is 2.33. The Balaban J connectivity index is 2.40. The molecule has 1 saturated heterocycles. The van der Waals surface area contributed by atoms with Crippen LogP contribution in [-0.4, -0.2) is 62.3 Å². The molecule has 1 rings (SSSR count). The molecule has 1 unspecified atom stereocenters. The molecule has 1 heterocycles. The van der Waals surface area contributed by atoms with Crippen molar-refractivity contribution in [3.63, 3.8) is 0 Å². The van der Waals surface area contributed by atoms with Crippen molar-refractivity contribution in [1.82, 2.24) is 9.80 Å². The van der Waals surface area contributed by atoms with Crippen LogP contribution in [0.15, 0.2) is 16.8 Å². The van der Waals surface area contributed by atoms with Crippen molar-refractivity contribution in [2.75, 3.05) is 40.3 Å². The summed E-state index contributed by atoms with van der Waals surface area (Å²) in [5.41, 5.74) is 6.86. The molecule has 1 aliphatic heterocycles. The summed E-state index contributed by atoms with van der Waals surface area (Å²) >= 11 is 0. The lowest BCUT2D eigenvalue weighted by atomic mass is 10.0. The molecule has 0 radical (unpaired) electrons. The maximum absolute atomic E-state index is 5.71. The van der Waals surface area contributed by atoms with E-state index >= 15 is 0 Å². The first-order valence-corrected chi connectivity index (χ1v) is 6.88. The van der Waals surface area contributed by atoms with Gasteiger partial charge in [-0.05, 0) is 44.8 Å². The first-order valence-electron chi connectivity index (χ1n) is 6.88. The summed E-state index contributed by atoms with van der Waals surface area (Å²) in [6.45, 7) is 8.72. The van der Waals surface area contributed by atoms with E-state index < -0.39 is 0 Å². The van der Waals surface area contributed by atoms with Gasteiger partial charge >= 0.3 is 0 Å². The zero-order valence-electron chi connectivity index (χ0n) is 12.3. The van der Waals surface area contributed by atoms with Crippen molar-refractivity contribution < 1.29 is 0 Å². The van der Waals surface area contributed by atoms with Crippen molar-refractivity contribution in [1.29, 1.82) is 0 Å². The number of hydrogen-bond acceptors (Lipinski definition) is 4. The van der Waals surface area contributed by atoms with Gasteiger partial charge in [-0.3, -0.25) is 4.99 Å². The predicted molar refractivity (Wildman–Crippen MR) is 79.0 cm³/mol. The molecule has 0 bridgehead atoms. The Kier molecular flexibility index (Phi) is 6.36. The highest BCUT2D eigenvalue weighted by atomic mass is 15.2. The Labute approximate surface area is 112 Å². The lowest BCUT2D eigenvalue weighted by Gasteiger charge is -2.33. The van der Waals surface area contributed by atoms with Crippen LogP contribution >= 0.6 is 0 Å². The van der Waals surface area contributed by atoms with Gasteiger partial charge in [0.1, 0.15) is 0 Å². The van der Waals surface area contributed by atoms with Crippen molar-refractivity contribution in [3.05, 3.63) is 11.8 Å². The maximum Gasteiger partial charge on any atom is 0.0753 e. The molecule has 4 nitrogen and oxygen atoms in total. The second-order valence-electron chi connectivity index (χ2n) is 5.48. The number of nitrogens with zero attached hydrogens (tertiary/aromatic N) is 3. The second-order valence-corrected chi connectivity index (χ2v) is 5.48. The summed E-state index contributed by atoms with van der Waals surface area (Å²) in [4.78, 5) is 9.21. The van der Waals surface area contributed by atoms with Crippen molar-refractivity contribution in [3.8, 4) is 0 Å². The summed E-state index contributed by atoms with van der Waals surface area (Å²) in [6, 6.07) is 0.463. The van der Waals surface area contributed by atoms with Crippen LogP contribution in [0.2, 0.25) is 0 Å². The number of likely N-dealkylation sites (tertiary alicyclic amines) is 1. The lowest BCUT2D eigenvalue weighted by Crippen LogP contribution is -2.47. The number of nitrogens with two attached hydrogens (primary N) is 1. The first kappa shape index (κ1) is 15.2. The van der Waals surface area contributed by atoms with Gasteiger partial charge in [0.05, 0.1) is 6.04 Å². The molecule has 0 spiro atoms. The van der Waals surface area contributed by atoms with Crippen molar-refractivity contribution in [2.24, 2.45) is 16.6 Å². The van der Waals surface area contributed by atoms with Crippen LogP contribution in [0.3, 0.4) is 0 Å². The van der Waals surface area contributed by atoms with E-state index in [1.54, 1.807) is 6.20 Å². The monoisotopic (exact) mass is 252 g/mol. The molecule has 104 valence electrons. The van der Waals surface area contributed by atoms with E-state index in [1.165, 1.54) is 6.42 Å². The number of aliphatic imine (C=N–C) groups is 1. The van der Waals surface area contributed by atoms with Crippen LogP contribution in [0.5, 0.6) is 0 Å². The third kappa shape index (κ3) is 4.78. The summed E-state index contributed by atoms with van der Waals surface area (Å²) in [5.74, 6) is 0.438. The van der Waals surface area contributed by atoms with Gasteiger partial charge in [-0.25, -0.2) is 0 Å². The molecule has 4 heteroatoms. The molecule has 0 saturated carbocycles. The van der Waals surface area contributed by atoms with E-state index in [-0.39, 0.29) is 0 Å². The largest absolute Gasteiger partial charge is 0.404 e. The van der Waals surface area contributed by atoms with E-state index in [4.69, 9.17) is 5.73 Å². The molecule has 0 aromatic heterocycles. The minimum atomic E-state index is 0.438. The quantitative estimate of drug-likeness (QED) is 0.692. The predicted octanol–water partition coefficient (Wildman–Crippen LogP) is 1.19. The molecule has 0 aromatic rings. The molecule has 1 aliphatic rings. The van der Waals surface area contributed by atoms with Crippen LogP contribution in [0.4, 0.5) is 0 Å². The summed E-state index contributed by atoms with van der Waals surface area (Å²) in [5, 5.41) is 0. The van der Waals surface area contributed by atoms with Gasteiger partial charge in [-0.15, -0.1) is 0 Å². The summed E-state index contributed by atoms with van der Waals surface area (Å²) in [6.07, 6.45) is 4.87. The Bertz CT molecular complexity index is 292. The molecular formula is C14H28N4. The fourth-order valence-corrected chi connectivity index (χ4v) is 2.33. The standard InChI is InChI=1S/C14H28N4/c1-5-6-17(3)9-12(2)13(7-15)8-16-14-10-18(4)11-14/h7-8,12,14H,5-6,9-11,15H2,1-4H3. The van der Waals surface area contributed by atoms with Gasteiger partial charge < -0.3 is 15.5 Å². The topological polar surface area (TPSA) is 44.9 Å². The second kappa shape index (κ2) is 7.54. The number of rotatable bonds is 7. The molecule has 18 heavy (non-hydrogen) atoms. The van der Waals surface area contributed by atoms with E-state index in [9.17, 15) is 0 Å². The Morgan fingerprint density at radius 2 is 2.22 bits per heavy atom. The third-order valence-corrected chi connectivity index (χ3v) is 3.43. The van der Waals surface area contributed by atoms with Gasteiger partial charge in [0, 0.05) is 25.8 Å². The van der Waals surface area contributed by atoms with Gasteiger partial charge in [0.2, 0.25) is 0 Å². The number of hydrogen-bond donors (Lipinski definition) is 1. The summed E-state index contributed by atoms with van der Waals surface area (Å²) in [7, 11) is 4.28. The molecule has 1 atom stereocenters. The lowest BCUT2D eigenvalue weighted by molar-refractivity contribution is 0.194. The van der Waals surface area contributed by atoms with E-state index in [0.717, 1.165) is 31.8 Å². The van der Waals surface area contributed by atoms with Gasteiger partial charge in [-0.1, -0.05) is 13.8 Å². The van der Waals surface area contributed by atoms with Crippen LogP contribution in [0, 0.1) is 5.92 Å².